The van der Waals surface area contributed by atoms with E-state index in [1.165, 1.54) is 49.5 Å². The molecular weight excluding hydrogens is 625 g/mol. The highest BCUT2D eigenvalue weighted by atomic mass is 32.3. The van der Waals surface area contributed by atoms with Gasteiger partial charge in [-0.15, -0.1) is 0 Å². The lowest BCUT2D eigenvalue weighted by Gasteiger charge is -2.56. The molecule has 4 aliphatic carbocycles. The Morgan fingerprint density at radius 1 is 0.804 bits per heavy atom. The minimum Gasteiger partial charge on any atom is -0.362 e. The van der Waals surface area contributed by atoms with Crippen LogP contribution < -0.4 is 8.37 Å². The number of hydrogen-bond donors (Lipinski definition) is 2. The monoisotopic (exact) mass is 678 g/mol. The Morgan fingerprint density at radius 3 is 2.17 bits per heavy atom. The molecule has 0 unspecified atom stereocenters. The molecule has 8 nitrogen and oxygen atoms in total. The van der Waals surface area contributed by atoms with Crippen LogP contribution in [0.1, 0.15) is 118 Å². The minimum atomic E-state index is -4.83. The molecule has 10 heteroatoms. The van der Waals surface area contributed by atoms with Crippen LogP contribution in [0.15, 0.2) is 41.5 Å². The van der Waals surface area contributed by atoms with Gasteiger partial charge >= 0.3 is 20.8 Å². The summed E-state index contributed by atoms with van der Waals surface area (Å²) in [6.45, 7) is 16.8. The van der Waals surface area contributed by atoms with Crippen molar-refractivity contribution < 1.29 is 34.3 Å². The van der Waals surface area contributed by atoms with Crippen molar-refractivity contribution in [1.29, 1.82) is 0 Å². The molecule has 5 rings (SSSR count). The Labute approximate surface area is 277 Å². The van der Waals surface area contributed by atoms with Crippen molar-refractivity contribution in [2.24, 2.45) is 45.3 Å². The summed E-state index contributed by atoms with van der Waals surface area (Å²) in [6.07, 6.45) is 16.8. The average Bonchev–Trinajstić information content (AvgIpc) is 2.92. The van der Waals surface area contributed by atoms with Gasteiger partial charge in [-0.25, -0.2) is 0 Å². The molecule has 0 saturated heterocycles. The zero-order chi connectivity index (χ0) is 33.9. The molecule has 0 bridgehead atoms. The van der Waals surface area contributed by atoms with Gasteiger partial charge in [-0.05, 0) is 128 Å². The second-order valence-electron chi connectivity index (χ2n) is 16.4. The van der Waals surface area contributed by atoms with Crippen molar-refractivity contribution in [3.63, 3.8) is 0 Å². The third-order valence-electron chi connectivity index (χ3n) is 13.2. The number of fused-ring (bicyclic) bond motifs is 2. The van der Waals surface area contributed by atoms with Gasteiger partial charge in [0.15, 0.2) is 0 Å². The molecule has 0 radical (unpaired) electrons. The van der Waals surface area contributed by atoms with Crippen LogP contribution in [0, 0.1) is 45.3 Å². The summed E-state index contributed by atoms with van der Waals surface area (Å²) < 4.78 is 74.9. The molecule has 2 N–H and O–H groups in total. The van der Waals surface area contributed by atoms with Gasteiger partial charge in [0.2, 0.25) is 0 Å². The molecular formula is C36H54O8S2. The van der Waals surface area contributed by atoms with Gasteiger partial charge in [-0.1, -0.05) is 78.2 Å². The molecule has 7 atom stereocenters. The van der Waals surface area contributed by atoms with Gasteiger partial charge < -0.3 is 8.37 Å². The Morgan fingerprint density at radius 2 is 1.50 bits per heavy atom. The summed E-state index contributed by atoms with van der Waals surface area (Å²) in [4.78, 5) is 0. The van der Waals surface area contributed by atoms with E-state index in [9.17, 15) is 25.9 Å². The summed E-state index contributed by atoms with van der Waals surface area (Å²) in [5.74, 6) is 1.51. The fourth-order valence-electron chi connectivity index (χ4n) is 9.91. The molecule has 0 aliphatic heterocycles. The van der Waals surface area contributed by atoms with Gasteiger partial charge in [-0.2, -0.15) is 16.8 Å². The number of hydrogen-bond acceptors (Lipinski definition) is 6. The van der Waals surface area contributed by atoms with E-state index in [0.717, 1.165) is 38.5 Å². The largest absolute Gasteiger partial charge is 0.446 e. The molecule has 0 amide bonds. The van der Waals surface area contributed by atoms with Crippen LogP contribution >= 0.6 is 0 Å². The molecule has 4 aliphatic rings. The van der Waals surface area contributed by atoms with E-state index < -0.39 is 20.8 Å². The van der Waals surface area contributed by atoms with Crippen LogP contribution in [0.3, 0.4) is 0 Å². The third kappa shape index (κ3) is 6.96. The SMILES string of the molecule is C[C@@H]1CC=C2[C@@H](CCC[C@]2(C)CC[C@]2(C)C3=CCCC(C)(C)[C@H]3CC[C@@H]2C)[C@@]1(C)Cc1cc(OS(=O)(=O)O)ccc1OS(=O)(=O)O. The van der Waals surface area contributed by atoms with Gasteiger partial charge in [0, 0.05) is 5.56 Å². The van der Waals surface area contributed by atoms with Crippen LogP contribution in [0.25, 0.3) is 0 Å². The topological polar surface area (TPSA) is 127 Å². The standard InChI is InChI=1S/C36H54O8S2/c1-24-12-15-28-30(10-8-18-33(28,3)4)35(24,6)21-20-34(5)19-9-11-31-29(34)16-13-25(2)36(31,7)23-26-22-27(43-45(37,38)39)14-17-32(26)44-46(40,41)42/h10,14,16-17,22,24-25,28,31H,8-9,11-13,15,18-21,23H2,1-7H3,(H,37,38,39)(H,40,41,42)/t24-,25+,28-,31+,34+,35-,36-/m0/s1. The Hall–Kier alpha value is -1.88. The smallest absolute Gasteiger partial charge is 0.362 e. The first-order valence-corrected chi connectivity index (χ1v) is 19.8. The highest BCUT2D eigenvalue weighted by Gasteiger charge is 2.52. The van der Waals surface area contributed by atoms with Crippen molar-refractivity contribution in [3.8, 4) is 11.5 Å². The first-order valence-electron chi connectivity index (χ1n) is 17.0. The summed E-state index contributed by atoms with van der Waals surface area (Å²) in [5, 5.41) is 0. The van der Waals surface area contributed by atoms with Crippen LogP contribution in [-0.4, -0.2) is 25.9 Å². The normalized spacial score (nSPS) is 36.1. The molecule has 2 saturated carbocycles. The maximum absolute atomic E-state index is 11.7. The zero-order valence-electron chi connectivity index (χ0n) is 28.6. The Balaban J connectivity index is 1.45. The fourth-order valence-corrected chi connectivity index (χ4v) is 10.6. The fraction of sp³-hybridized carbons (Fsp3) is 0.722. The predicted molar refractivity (Wildman–Crippen MR) is 180 cm³/mol. The third-order valence-corrected chi connectivity index (χ3v) is 14.0. The van der Waals surface area contributed by atoms with Gasteiger partial charge in [0.05, 0.1) is 0 Å². The first kappa shape index (κ1) is 35.4. The molecule has 0 heterocycles. The van der Waals surface area contributed by atoms with Crippen LogP contribution in [0.2, 0.25) is 0 Å². The number of allylic oxidation sites excluding steroid dienone is 4. The maximum atomic E-state index is 11.7. The van der Waals surface area contributed by atoms with E-state index in [0.29, 0.717) is 29.2 Å². The first-order chi connectivity index (χ1) is 21.2. The maximum Gasteiger partial charge on any atom is 0.446 e. The van der Waals surface area contributed by atoms with Crippen molar-refractivity contribution in [2.75, 3.05) is 0 Å². The molecule has 258 valence electrons. The minimum absolute atomic E-state index is 0.0361. The molecule has 1 aromatic rings. The zero-order valence-corrected chi connectivity index (χ0v) is 30.3. The second kappa shape index (κ2) is 12.2. The van der Waals surface area contributed by atoms with E-state index in [2.05, 4.69) is 60.6 Å². The lowest BCUT2D eigenvalue weighted by molar-refractivity contribution is 0.0437. The van der Waals surface area contributed by atoms with Crippen LogP contribution in [0.4, 0.5) is 0 Å². The molecule has 1 aromatic carbocycles. The lowest BCUT2D eigenvalue weighted by atomic mass is 9.48. The van der Waals surface area contributed by atoms with E-state index >= 15 is 0 Å². The average molecular weight is 679 g/mol. The Bertz CT molecular complexity index is 1610. The van der Waals surface area contributed by atoms with E-state index in [4.69, 9.17) is 8.37 Å². The van der Waals surface area contributed by atoms with Gasteiger partial charge in [-0.3, -0.25) is 9.11 Å². The molecule has 46 heavy (non-hydrogen) atoms. The molecule has 2 fully saturated rings. The van der Waals surface area contributed by atoms with Crippen molar-refractivity contribution in [1.82, 2.24) is 0 Å². The highest BCUT2D eigenvalue weighted by molar-refractivity contribution is 7.81. The summed E-state index contributed by atoms with van der Waals surface area (Å²) in [7, 11) is -9.63. The number of rotatable bonds is 9. The summed E-state index contributed by atoms with van der Waals surface area (Å²) in [6, 6.07) is 3.82. The quantitative estimate of drug-likeness (QED) is 0.196. The highest BCUT2D eigenvalue weighted by Crippen LogP contribution is 2.62. The molecule has 0 spiro atoms. The summed E-state index contributed by atoms with van der Waals surface area (Å²) >= 11 is 0. The van der Waals surface area contributed by atoms with Crippen molar-refractivity contribution in [3.05, 3.63) is 47.1 Å². The van der Waals surface area contributed by atoms with E-state index in [1.54, 1.807) is 5.57 Å². The van der Waals surface area contributed by atoms with Crippen molar-refractivity contribution in [2.45, 2.75) is 119 Å². The van der Waals surface area contributed by atoms with E-state index in [-0.39, 0.29) is 39.6 Å². The number of benzene rings is 1. The lowest BCUT2D eigenvalue weighted by Crippen LogP contribution is -2.47. The van der Waals surface area contributed by atoms with Gasteiger partial charge in [0.25, 0.3) is 0 Å². The molecule has 0 aromatic heterocycles. The van der Waals surface area contributed by atoms with Gasteiger partial charge in [0.1, 0.15) is 11.5 Å². The van der Waals surface area contributed by atoms with E-state index in [1.807, 2.05) is 0 Å². The van der Waals surface area contributed by atoms with Crippen LogP contribution in [0.5, 0.6) is 11.5 Å². The predicted octanol–water partition coefficient (Wildman–Crippen LogP) is 8.95. The second-order valence-corrected chi connectivity index (χ2v) is 18.5. The Kier molecular flexibility index (Phi) is 9.41. The van der Waals surface area contributed by atoms with Crippen LogP contribution in [-0.2, 0) is 27.2 Å². The summed E-state index contributed by atoms with van der Waals surface area (Å²) in [5.41, 5.74) is 3.82. The van der Waals surface area contributed by atoms with Crippen molar-refractivity contribution >= 4 is 20.8 Å².